The second-order valence-corrected chi connectivity index (χ2v) is 9.07. The third-order valence-electron chi connectivity index (χ3n) is 6.30. The van der Waals surface area contributed by atoms with Gasteiger partial charge in [0.15, 0.2) is 0 Å². The average Bonchev–Trinajstić information content (AvgIpc) is 3.19. The van der Waals surface area contributed by atoms with E-state index in [1.807, 2.05) is 7.05 Å². The highest BCUT2D eigenvalue weighted by molar-refractivity contribution is 6.24. The van der Waals surface area contributed by atoms with Crippen molar-refractivity contribution in [3.63, 3.8) is 0 Å². The number of carbonyl (C=O) groups is 3. The number of hydrogen-bond acceptors (Lipinski definition) is 5. The molecule has 1 aliphatic heterocycles. The lowest BCUT2D eigenvalue weighted by Crippen LogP contribution is -2.31. The molecule has 0 aliphatic carbocycles. The van der Waals surface area contributed by atoms with E-state index >= 15 is 0 Å². The molecule has 1 atom stereocenters. The van der Waals surface area contributed by atoms with Gasteiger partial charge in [0, 0.05) is 24.8 Å². The first-order valence-electron chi connectivity index (χ1n) is 12.3. The van der Waals surface area contributed by atoms with Crippen molar-refractivity contribution in [1.82, 2.24) is 5.32 Å². The quantitative estimate of drug-likeness (QED) is 0.275. The number of halogens is 1. The molecule has 8 nitrogen and oxygen atoms in total. The summed E-state index contributed by atoms with van der Waals surface area (Å²) in [6, 6.07) is 18.2. The van der Waals surface area contributed by atoms with Gasteiger partial charge in [-0.05, 0) is 79.2 Å². The summed E-state index contributed by atoms with van der Waals surface area (Å²) in [5.74, 6) is -2.68. The number of amides is 2. The van der Waals surface area contributed by atoms with Crippen molar-refractivity contribution < 1.29 is 23.9 Å². The topological polar surface area (TPSA) is 111 Å². The van der Waals surface area contributed by atoms with Gasteiger partial charge in [0.25, 0.3) is 0 Å². The van der Waals surface area contributed by atoms with Crippen LogP contribution in [0.1, 0.15) is 36.0 Å². The van der Waals surface area contributed by atoms with E-state index in [0.717, 1.165) is 18.7 Å². The second-order valence-electron chi connectivity index (χ2n) is 9.07. The molecule has 3 N–H and O–H groups in total. The average molecular weight is 517 g/mol. The molecule has 0 aromatic heterocycles. The second kappa shape index (κ2) is 11.8. The van der Waals surface area contributed by atoms with Crippen molar-refractivity contribution in [2.75, 3.05) is 30.4 Å². The highest BCUT2D eigenvalue weighted by atomic mass is 19.1. The van der Waals surface area contributed by atoms with Crippen molar-refractivity contribution in [2.24, 2.45) is 4.99 Å². The van der Waals surface area contributed by atoms with Crippen molar-refractivity contribution in [3.05, 3.63) is 89.2 Å². The van der Waals surface area contributed by atoms with Gasteiger partial charge < -0.3 is 20.6 Å². The van der Waals surface area contributed by atoms with Gasteiger partial charge in [0.05, 0.1) is 17.8 Å². The Kier molecular flexibility index (Phi) is 8.28. The number of benzene rings is 3. The van der Waals surface area contributed by atoms with E-state index in [1.54, 1.807) is 59.5 Å². The Morgan fingerprint density at radius 3 is 2.55 bits per heavy atom. The van der Waals surface area contributed by atoms with Crippen molar-refractivity contribution >= 4 is 40.6 Å². The third-order valence-corrected chi connectivity index (χ3v) is 6.30. The summed E-state index contributed by atoms with van der Waals surface area (Å²) in [4.78, 5) is 43.1. The van der Waals surface area contributed by atoms with E-state index < -0.39 is 17.7 Å². The first-order valence-corrected chi connectivity index (χ1v) is 12.3. The fourth-order valence-electron chi connectivity index (χ4n) is 4.55. The molecular formula is C29H29FN4O4. The molecule has 4 rings (SSSR count). The van der Waals surface area contributed by atoms with Crippen molar-refractivity contribution in [2.45, 2.75) is 25.7 Å². The van der Waals surface area contributed by atoms with Gasteiger partial charge in [-0.15, -0.1) is 0 Å². The largest absolute Gasteiger partial charge is 0.481 e. The predicted molar refractivity (Wildman–Crippen MR) is 145 cm³/mol. The summed E-state index contributed by atoms with van der Waals surface area (Å²) in [7, 11) is 1.86. The number of hydrogen-bond donors (Lipinski definition) is 3. The number of carboxylic acids is 1. The number of nitrogens with zero attached hydrogens (tertiary/aromatic N) is 2. The number of aliphatic imine (C=N–C) groups is 1. The maximum atomic E-state index is 13.9. The lowest BCUT2D eigenvalue weighted by Gasteiger charge is -2.21. The van der Waals surface area contributed by atoms with Gasteiger partial charge in [-0.2, -0.15) is 0 Å². The SMILES string of the molecule is CNCCCN(C(C)=O)c1ccc(N=C(c2cccc(CC(=O)O)c2)C2C(=O)Nc3cc(F)ccc32)cc1. The number of anilines is 2. The Balaban J connectivity index is 1.75. The molecule has 0 saturated heterocycles. The van der Waals surface area contributed by atoms with Crippen LogP contribution in [-0.2, 0) is 20.8 Å². The van der Waals surface area contributed by atoms with Crippen LogP contribution in [0.5, 0.6) is 0 Å². The Morgan fingerprint density at radius 2 is 1.87 bits per heavy atom. The van der Waals surface area contributed by atoms with Crippen LogP contribution < -0.4 is 15.5 Å². The molecule has 1 unspecified atom stereocenters. The van der Waals surface area contributed by atoms with Crippen molar-refractivity contribution in [3.8, 4) is 0 Å². The van der Waals surface area contributed by atoms with Crippen LogP contribution in [0.4, 0.5) is 21.5 Å². The van der Waals surface area contributed by atoms with Gasteiger partial charge >= 0.3 is 5.97 Å². The van der Waals surface area contributed by atoms with Gasteiger partial charge in [-0.1, -0.05) is 24.3 Å². The van der Waals surface area contributed by atoms with Crippen molar-refractivity contribution in [1.29, 1.82) is 0 Å². The summed E-state index contributed by atoms with van der Waals surface area (Å²) in [6.45, 7) is 2.87. The minimum absolute atomic E-state index is 0.0697. The highest BCUT2D eigenvalue weighted by Gasteiger charge is 2.35. The molecule has 0 spiro atoms. The van der Waals surface area contributed by atoms with Crippen LogP contribution in [0.2, 0.25) is 0 Å². The van der Waals surface area contributed by atoms with Crippen LogP contribution >= 0.6 is 0 Å². The molecular weight excluding hydrogens is 487 g/mol. The van der Waals surface area contributed by atoms with Gasteiger partial charge in [0.1, 0.15) is 11.7 Å². The first kappa shape index (κ1) is 26.7. The van der Waals surface area contributed by atoms with E-state index in [-0.39, 0.29) is 18.2 Å². The summed E-state index contributed by atoms with van der Waals surface area (Å²) in [5.41, 5.74) is 3.81. The Bertz CT molecular complexity index is 1390. The number of rotatable bonds is 10. The summed E-state index contributed by atoms with van der Waals surface area (Å²) in [6.07, 6.45) is 0.618. The molecule has 3 aromatic carbocycles. The zero-order chi connectivity index (χ0) is 27.2. The Morgan fingerprint density at radius 1 is 1.11 bits per heavy atom. The van der Waals surface area contributed by atoms with Crippen LogP contribution in [-0.4, -0.2) is 48.7 Å². The Hall–Kier alpha value is -4.37. The molecule has 0 fully saturated rings. The number of nitrogens with one attached hydrogen (secondary N) is 2. The van der Waals surface area contributed by atoms with Crippen LogP contribution in [0.25, 0.3) is 0 Å². The van der Waals surface area contributed by atoms with E-state index in [1.165, 1.54) is 19.1 Å². The fraction of sp³-hybridized carbons (Fsp3) is 0.241. The van der Waals surface area contributed by atoms with Crippen LogP contribution in [0, 0.1) is 5.82 Å². The normalized spacial score (nSPS) is 14.7. The number of carbonyl (C=O) groups excluding carboxylic acids is 2. The summed E-state index contributed by atoms with van der Waals surface area (Å²) >= 11 is 0. The maximum absolute atomic E-state index is 13.9. The molecule has 196 valence electrons. The van der Waals surface area contributed by atoms with E-state index in [9.17, 15) is 23.9 Å². The zero-order valence-corrected chi connectivity index (χ0v) is 21.2. The molecule has 38 heavy (non-hydrogen) atoms. The van der Waals surface area contributed by atoms with E-state index in [0.29, 0.717) is 40.3 Å². The maximum Gasteiger partial charge on any atom is 0.307 e. The van der Waals surface area contributed by atoms with Gasteiger partial charge in [-0.25, -0.2) is 4.39 Å². The third kappa shape index (κ3) is 6.12. The summed E-state index contributed by atoms with van der Waals surface area (Å²) in [5, 5.41) is 15.1. The predicted octanol–water partition coefficient (Wildman–Crippen LogP) is 4.27. The number of aliphatic carboxylic acids is 1. The minimum atomic E-state index is -0.972. The van der Waals surface area contributed by atoms with Gasteiger partial charge in [-0.3, -0.25) is 19.4 Å². The van der Waals surface area contributed by atoms with E-state index in [4.69, 9.17) is 4.99 Å². The van der Waals surface area contributed by atoms with Crippen LogP contribution in [0.15, 0.2) is 71.7 Å². The van der Waals surface area contributed by atoms with Crippen LogP contribution in [0.3, 0.4) is 0 Å². The zero-order valence-electron chi connectivity index (χ0n) is 21.2. The van der Waals surface area contributed by atoms with E-state index in [2.05, 4.69) is 10.6 Å². The summed E-state index contributed by atoms with van der Waals surface area (Å²) < 4.78 is 13.9. The first-order chi connectivity index (χ1) is 18.3. The lowest BCUT2D eigenvalue weighted by molar-refractivity contribution is -0.136. The number of carboxylic acid groups (broad SMARTS) is 1. The molecule has 1 aliphatic rings. The molecule has 2 amide bonds. The molecule has 3 aromatic rings. The molecule has 0 bridgehead atoms. The molecule has 1 heterocycles. The van der Waals surface area contributed by atoms with Gasteiger partial charge in [0.2, 0.25) is 11.8 Å². The molecule has 0 saturated carbocycles. The highest BCUT2D eigenvalue weighted by Crippen LogP contribution is 2.37. The Labute approximate surface area is 220 Å². The standard InChI is InChI=1S/C29H29FN4O4/c1-18(35)34(14-4-13-31-2)23-10-8-22(9-11-23)32-28(20-6-3-5-19(15-20)16-26(36)37)27-24-12-7-21(30)17-25(24)33-29(27)38/h3,5-12,15,17,27,31H,4,13-14,16H2,1-2H3,(H,33,38)(H,36,37). The smallest absolute Gasteiger partial charge is 0.307 e. The fourth-order valence-corrected chi connectivity index (χ4v) is 4.55. The molecule has 0 radical (unpaired) electrons. The monoisotopic (exact) mass is 516 g/mol. The number of fused-ring (bicyclic) bond motifs is 1. The molecule has 9 heteroatoms. The lowest BCUT2D eigenvalue weighted by atomic mass is 9.89. The minimum Gasteiger partial charge on any atom is -0.481 e.